The van der Waals surface area contributed by atoms with Crippen LogP contribution in [0.4, 0.5) is 10.2 Å². The molecule has 2 aromatic heterocycles. The highest BCUT2D eigenvalue weighted by atomic mass is 35.5. The number of aryl methyl sites for hydroxylation is 1. The van der Waals surface area contributed by atoms with E-state index in [2.05, 4.69) is 4.98 Å². The molecule has 0 unspecified atom stereocenters. The van der Waals surface area contributed by atoms with Gasteiger partial charge in [-0.2, -0.15) is 0 Å². The minimum Gasteiger partial charge on any atom is -0.507 e. The molecule has 3 heterocycles. The fourth-order valence-electron chi connectivity index (χ4n) is 4.11. The van der Waals surface area contributed by atoms with E-state index in [9.17, 15) is 14.3 Å². The third-order valence-electron chi connectivity index (χ3n) is 5.89. The molecule has 0 atom stereocenters. The summed E-state index contributed by atoms with van der Waals surface area (Å²) in [7, 11) is 1.65. The van der Waals surface area contributed by atoms with Crippen LogP contribution in [0.15, 0.2) is 77.8 Å². The molecule has 7 nitrogen and oxygen atoms in total. The second kappa shape index (κ2) is 8.96. The van der Waals surface area contributed by atoms with Crippen LogP contribution in [0.5, 0.6) is 5.75 Å². The van der Waals surface area contributed by atoms with Crippen molar-refractivity contribution in [2.45, 2.75) is 6.92 Å². The summed E-state index contributed by atoms with van der Waals surface area (Å²) >= 11 is 6.49. The van der Waals surface area contributed by atoms with Gasteiger partial charge < -0.3 is 19.3 Å². The number of aromatic nitrogens is 3. The summed E-state index contributed by atoms with van der Waals surface area (Å²) in [5.74, 6) is 0.846. The van der Waals surface area contributed by atoms with Gasteiger partial charge in [-0.05, 0) is 54.4 Å². The van der Waals surface area contributed by atoms with E-state index in [1.165, 1.54) is 21.3 Å². The molecule has 35 heavy (non-hydrogen) atoms. The van der Waals surface area contributed by atoms with Gasteiger partial charge in [0.05, 0.1) is 17.3 Å². The van der Waals surface area contributed by atoms with Crippen LogP contribution < -0.4 is 10.6 Å². The van der Waals surface area contributed by atoms with Gasteiger partial charge in [0.1, 0.15) is 29.8 Å². The molecule has 0 saturated heterocycles. The zero-order valence-corrected chi connectivity index (χ0v) is 19.8. The van der Waals surface area contributed by atoms with Crippen LogP contribution in [0.25, 0.3) is 27.9 Å². The lowest BCUT2D eigenvalue weighted by molar-refractivity contribution is 0.208. The van der Waals surface area contributed by atoms with Crippen molar-refractivity contribution in [2.75, 3.05) is 18.1 Å². The van der Waals surface area contributed by atoms with Crippen LogP contribution in [0.2, 0.25) is 5.02 Å². The quantitative estimate of drug-likeness (QED) is 0.429. The summed E-state index contributed by atoms with van der Waals surface area (Å²) in [6.07, 6.45) is 6.73. The number of nitrogens with zero attached hydrogens (tertiary/aromatic N) is 4. The van der Waals surface area contributed by atoms with Crippen molar-refractivity contribution in [2.24, 2.45) is 7.05 Å². The highest BCUT2D eigenvalue weighted by molar-refractivity contribution is 6.32. The van der Waals surface area contributed by atoms with Gasteiger partial charge in [-0.3, -0.25) is 4.57 Å². The second-order valence-electron chi connectivity index (χ2n) is 8.26. The highest BCUT2D eigenvalue weighted by Gasteiger charge is 2.18. The molecule has 0 radical (unpaired) electrons. The van der Waals surface area contributed by atoms with Gasteiger partial charge >= 0.3 is 5.69 Å². The monoisotopic (exact) mass is 492 g/mol. The Bertz CT molecular complexity index is 1530. The van der Waals surface area contributed by atoms with E-state index in [4.69, 9.17) is 16.3 Å². The first-order chi connectivity index (χ1) is 16.8. The van der Waals surface area contributed by atoms with Crippen molar-refractivity contribution in [1.29, 1.82) is 0 Å². The summed E-state index contributed by atoms with van der Waals surface area (Å²) in [5.41, 5.74) is 2.00. The third kappa shape index (κ3) is 4.28. The van der Waals surface area contributed by atoms with E-state index in [1.54, 1.807) is 56.0 Å². The molecule has 5 rings (SSSR count). The summed E-state index contributed by atoms with van der Waals surface area (Å²) in [5, 5.41) is 11.4. The van der Waals surface area contributed by atoms with Crippen molar-refractivity contribution >= 4 is 17.4 Å². The standard InChI is InChI=1S/C26H22ClFN4O3/c1-16-15-31(9-10-35-16)24-12-18(5-6-29-24)21-14-19(28)13-20(25(21)33)17-3-4-23(22(27)11-17)32-8-7-30(2)26(32)34/h3-8,11-15,33H,9-10H2,1-2H3. The summed E-state index contributed by atoms with van der Waals surface area (Å²) < 4.78 is 23.1. The van der Waals surface area contributed by atoms with E-state index >= 15 is 0 Å². The van der Waals surface area contributed by atoms with Gasteiger partial charge in [-0.15, -0.1) is 0 Å². The minimum atomic E-state index is -0.507. The number of allylic oxidation sites excluding steroid dienone is 1. The number of phenolic OH excluding ortho intramolecular Hbond substituents is 1. The summed E-state index contributed by atoms with van der Waals surface area (Å²) in [6, 6.07) is 11.0. The number of hydrogen-bond acceptors (Lipinski definition) is 5. The molecule has 9 heteroatoms. The second-order valence-corrected chi connectivity index (χ2v) is 8.67. The molecule has 0 amide bonds. The molecule has 0 aliphatic carbocycles. The average molecular weight is 493 g/mol. The number of halogens is 2. The first-order valence-electron chi connectivity index (χ1n) is 10.9. The summed E-state index contributed by atoms with van der Waals surface area (Å²) in [6.45, 7) is 3.03. The Hall–Kier alpha value is -4.04. The Balaban J connectivity index is 1.56. The van der Waals surface area contributed by atoms with Gasteiger partial charge in [0, 0.05) is 43.0 Å². The molecule has 1 aliphatic rings. The average Bonchev–Trinajstić information content (AvgIpc) is 3.18. The number of rotatable bonds is 4. The van der Waals surface area contributed by atoms with Gasteiger partial charge in [-0.1, -0.05) is 17.7 Å². The van der Waals surface area contributed by atoms with Gasteiger partial charge in [0.25, 0.3) is 0 Å². The predicted octanol–water partition coefficient (Wildman–Crippen LogP) is 5.10. The number of hydrogen-bond donors (Lipinski definition) is 1. The number of aromatic hydroxyl groups is 1. The molecule has 178 valence electrons. The molecule has 0 saturated carbocycles. The zero-order chi connectivity index (χ0) is 24.7. The van der Waals surface area contributed by atoms with Crippen LogP contribution >= 0.6 is 11.6 Å². The molecule has 0 fully saturated rings. The maximum atomic E-state index is 14.7. The van der Waals surface area contributed by atoms with Crippen molar-refractivity contribution in [1.82, 2.24) is 14.1 Å². The Morgan fingerprint density at radius 2 is 1.83 bits per heavy atom. The highest BCUT2D eigenvalue weighted by Crippen LogP contribution is 2.41. The Kier molecular flexibility index (Phi) is 5.82. The van der Waals surface area contributed by atoms with E-state index < -0.39 is 5.82 Å². The number of benzene rings is 2. The topological polar surface area (TPSA) is 72.5 Å². The first-order valence-corrected chi connectivity index (χ1v) is 11.3. The van der Waals surface area contributed by atoms with Crippen LogP contribution in [0.3, 0.4) is 0 Å². The van der Waals surface area contributed by atoms with Crippen molar-refractivity contribution in [3.8, 4) is 33.7 Å². The fourth-order valence-corrected chi connectivity index (χ4v) is 4.38. The summed E-state index contributed by atoms with van der Waals surface area (Å²) in [4.78, 5) is 18.7. The molecule has 1 aliphatic heterocycles. The number of imidazole rings is 1. The molecule has 0 spiro atoms. The molecular formula is C26H22ClFN4O3. The number of pyridine rings is 1. The van der Waals surface area contributed by atoms with Crippen molar-refractivity contribution in [3.63, 3.8) is 0 Å². The van der Waals surface area contributed by atoms with Crippen LogP contribution in [0.1, 0.15) is 6.92 Å². The number of phenols is 1. The largest absolute Gasteiger partial charge is 0.507 e. The van der Waals surface area contributed by atoms with Crippen LogP contribution in [-0.4, -0.2) is 32.4 Å². The molecule has 4 aromatic rings. The molecule has 1 N–H and O–H groups in total. The fraction of sp³-hybridized carbons (Fsp3) is 0.154. The van der Waals surface area contributed by atoms with E-state index in [0.29, 0.717) is 46.4 Å². The third-order valence-corrected chi connectivity index (χ3v) is 6.19. The van der Waals surface area contributed by atoms with Crippen LogP contribution in [0, 0.1) is 5.82 Å². The van der Waals surface area contributed by atoms with E-state index in [0.717, 1.165) is 5.76 Å². The number of anilines is 1. The lowest BCUT2D eigenvalue weighted by atomic mass is 9.97. The lowest BCUT2D eigenvalue weighted by Gasteiger charge is -2.25. The smallest absolute Gasteiger partial charge is 0.332 e. The maximum absolute atomic E-state index is 14.7. The van der Waals surface area contributed by atoms with Crippen molar-refractivity contribution < 1.29 is 14.2 Å². The van der Waals surface area contributed by atoms with Gasteiger partial charge in [0.2, 0.25) is 0 Å². The molecule has 0 bridgehead atoms. The van der Waals surface area contributed by atoms with Gasteiger partial charge in [-0.25, -0.2) is 14.2 Å². The Morgan fingerprint density at radius 1 is 1.09 bits per heavy atom. The molecular weight excluding hydrogens is 471 g/mol. The SMILES string of the molecule is CC1=CN(c2cc(-c3cc(F)cc(-c4ccc(-n5ccn(C)c5=O)c(Cl)c4)c3O)ccn2)CCO1. The normalized spacial score (nSPS) is 13.5. The first kappa shape index (κ1) is 22.7. The minimum absolute atomic E-state index is 0.0852. The van der Waals surface area contributed by atoms with Crippen molar-refractivity contribution in [3.05, 3.63) is 94.3 Å². The molecule has 2 aromatic carbocycles. The van der Waals surface area contributed by atoms with E-state index in [1.807, 2.05) is 18.0 Å². The maximum Gasteiger partial charge on any atom is 0.332 e. The van der Waals surface area contributed by atoms with Crippen LogP contribution in [-0.2, 0) is 11.8 Å². The van der Waals surface area contributed by atoms with Gasteiger partial charge in [0.15, 0.2) is 0 Å². The predicted molar refractivity (Wildman–Crippen MR) is 133 cm³/mol. The Morgan fingerprint density at radius 3 is 2.49 bits per heavy atom. The lowest BCUT2D eigenvalue weighted by Crippen LogP contribution is -2.27. The number of ether oxygens (including phenoxy) is 1. The van der Waals surface area contributed by atoms with E-state index in [-0.39, 0.29) is 17.0 Å². The Labute approximate surface area is 205 Å². The zero-order valence-electron chi connectivity index (χ0n) is 19.1.